The van der Waals surface area contributed by atoms with Crippen molar-refractivity contribution in [1.29, 1.82) is 0 Å². The van der Waals surface area contributed by atoms with Crippen molar-refractivity contribution in [2.75, 3.05) is 0 Å². The Morgan fingerprint density at radius 2 is 2.06 bits per heavy atom. The lowest BCUT2D eigenvalue weighted by Crippen LogP contribution is -1.86. The summed E-state index contributed by atoms with van der Waals surface area (Å²) in [6.07, 6.45) is 6.94. The zero-order valence-electron chi connectivity index (χ0n) is 8.73. The first-order valence-corrected chi connectivity index (χ1v) is 4.56. The number of allylic oxidation sites excluding steroid dienone is 2. The average molecular weight is 211 g/mol. The minimum atomic E-state index is -0.448. The van der Waals surface area contributed by atoms with Crippen molar-refractivity contribution in [3.05, 3.63) is 51.6 Å². The van der Waals surface area contributed by atoms with Crippen LogP contribution in [0.5, 0.6) is 0 Å². The van der Waals surface area contributed by atoms with Gasteiger partial charge >= 0.3 is 0 Å². The number of hydrogen-bond donors (Lipinski definition) is 0. The van der Waals surface area contributed by atoms with E-state index in [4.69, 9.17) is 6.42 Å². The third-order valence-electron chi connectivity index (χ3n) is 1.86. The van der Waals surface area contributed by atoms with Crippen molar-refractivity contribution in [2.45, 2.75) is 6.92 Å². The molecule has 0 aliphatic carbocycles. The summed E-state index contributed by atoms with van der Waals surface area (Å²) in [5, 5.41) is 10.4. The lowest BCUT2D eigenvalue weighted by molar-refractivity contribution is -0.384. The van der Waals surface area contributed by atoms with Crippen LogP contribution >= 0.6 is 0 Å². The molecular weight excluding hydrogens is 202 g/mol. The molecule has 0 saturated carbocycles. The normalized spacial score (nSPS) is 9.88. The largest absolute Gasteiger partial charge is 0.269 e. The summed E-state index contributed by atoms with van der Waals surface area (Å²) >= 11 is 0. The van der Waals surface area contributed by atoms with Crippen molar-refractivity contribution in [2.24, 2.45) is 0 Å². The Morgan fingerprint density at radius 1 is 1.44 bits per heavy atom. The van der Waals surface area contributed by atoms with Crippen molar-refractivity contribution in [3.8, 4) is 24.2 Å². The van der Waals surface area contributed by atoms with E-state index in [2.05, 4.69) is 17.8 Å². The van der Waals surface area contributed by atoms with Crippen molar-refractivity contribution in [1.82, 2.24) is 0 Å². The Bertz CT molecular complexity index is 522. The van der Waals surface area contributed by atoms with Crippen LogP contribution in [-0.2, 0) is 0 Å². The number of rotatable bonds is 1. The quantitative estimate of drug-likeness (QED) is 0.407. The number of nitro benzene ring substituents is 1. The maximum absolute atomic E-state index is 10.4. The van der Waals surface area contributed by atoms with Crippen molar-refractivity contribution in [3.63, 3.8) is 0 Å². The highest BCUT2D eigenvalue weighted by atomic mass is 16.6. The van der Waals surface area contributed by atoms with Crippen LogP contribution < -0.4 is 0 Å². The molecule has 0 aliphatic heterocycles. The zero-order chi connectivity index (χ0) is 12.0. The Balaban J connectivity index is 2.93. The second-order valence-electron chi connectivity index (χ2n) is 2.90. The molecule has 3 nitrogen and oxygen atoms in total. The maximum Gasteiger partial charge on any atom is 0.269 e. The fourth-order valence-corrected chi connectivity index (χ4v) is 0.998. The Labute approximate surface area is 93.9 Å². The first kappa shape index (κ1) is 11.6. The Kier molecular flexibility index (Phi) is 3.89. The Morgan fingerprint density at radius 3 is 2.50 bits per heavy atom. The molecule has 0 aromatic heterocycles. The minimum Gasteiger partial charge on any atom is -0.258 e. The number of benzene rings is 1. The molecule has 78 valence electrons. The van der Waals surface area contributed by atoms with E-state index in [1.165, 1.54) is 12.1 Å². The first-order valence-electron chi connectivity index (χ1n) is 4.56. The summed E-state index contributed by atoms with van der Waals surface area (Å²) in [7, 11) is 0. The predicted octanol–water partition coefficient (Wildman–Crippen LogP) is 2.53. The van der Waals surface area contributed by atoms with E-state index in [-0.39, 0.29) is 5.69 Å². The van der Waals surface area contributed by atoms with Gasteiger partial charge in [0.25, 0.3) is 5.69 Å². The van der Waals surface area contributed by atoms with Crippen LogP contribution in [0.3, 0.4) is 0 Å². The van der Waals surface area contributed by atoms with Gasteiger partial charge in [-0.05, 0) is 19.1 Å². The van der Waals surface area contributed by atoms with Crippen LogP contribution in [0.1, 0.15) is 12.5 Å². The fraction of sp³-hybridized carbons (Fsp3) is 0.0769. The van der Waals surface area contributed by atoms with Crippen molar-refractivity contribution < 1.29 is 4.92 Å². The van der Waals surface area contributed by atoms with E-state index in [9.17, 15) is 10.1 Å². The standard InChI is InChI=1S/C13H9NO2/c1-3-11(4-2)5-6-12-7-9-13(10-8-12)14(15)16/h1,4,7-10H,2H3/b11-4+. The minimum absolute atomic E-state index is 0.0498. The van der Waals surface area contributed by atoms with Crippen LogP contribution in [0, 0.1) is 34.3 Å². The molecule has 1 aromatic carbocycles. The number of nitrogens with zero attached hydrogens (tertiary/aromatic N) is 1. The van der Waals surface area contributed by atoms with Gasteiger partial charge in [-0.2, -0.15) is 0 Å². The fourth-order valence-electron chi connectivity index (χ4n) is 0.998. The number of terminal acetylenes is 1. The van der Waals surface area contributed by atoms with Gasteiger partial charge in [-0.25, -0.2) is 0 Å². The summed E-state index contributed by atoms with van der Waals surface area (Å²) in [5.41, 5.74) is 1.34. The molecule has 0 unspecified atom stereocenters. The molecule has 0 aliphatic rings. The average Bonchev–Trinajstić information content (AvgIpc) is 2.31. The van der Waals surface area contributed by atoms with Gasteiger partial charge in [0.2, 0.25) is 0 Å². The lowest BCUT2D eigenvalue weighted by Gasteiger charge is -1.91. The monoisotopic (exact) mass is 211 g/mol. The van der Waals surface area contributed by atoms with Gasteiger partial charge < -0.3 is 0 Å². The molecular formula is C13H9NO2. The Hall–Kier alpha value is -2.52. The summed E-state index contributed by atoms with van der Waals surface area (Å²) in [6, 6.07) is 6.01. The highest BCUT2D eigenvalue weighted by molar-refractivity contribution is 5.49. The molecule has 1 aromatic rings. The van der Waals surface area contributed by atoms with E-state index >= 15 is 0 Å². The van der Waals surface area contributed by atoms with Gasteiger partial charge in [0, 0.05) is 17.7 Å². The van der Waals surface area contributed by atoms with Gasteiger partial charge in [-0.3, -0.25) is 10.1 Å². The van der Waals surface area contributed by atoms with E-state index in [1.54, 1.807) is 25.1 Å². The van der Waals surface area contributed by atoms with Gasteiger partial charge in [0.1, 0.15) is 0 Å². The third kappa shape index (κ3) is 3.01. The van der Waals surface area contributed by atoms with Crippen LogP contribution in [0.2, 0.25) is 0 Å². The first-order chi connectivity index (χ1) is 7.67. The van der Waals surface area contributed by atoms with E-state index in [0.717, 1.165) is 0 Å². The highest BCUT2D eigenvalue weighted by Crippen LogP contribution is 2.10. The van der Waals surface area contributed by atoms with Crippen molar-refractivity contribution >= 4 is 5.69 Å². The zero-order valence-corrected chi connectivity index (χ0v) is 8.73. The molecule has 0 atom stereocenters. The van der Waals surface area contributed by atoms with E-state index in [1.807, 2.05) is 0 Å². The van der Waals surface area contributed by atoms with E-state index in [0.29, 0.717) is 11.1 Å². The topological polar surface area (TPSA) is 43.1 Å². The van der Waals surface area contributed by atoms with Gasteiger partial charge in [0.05, 0.1) is 10.5 Å². The smallest absolute Gasteiger partial charge is 0.258 e. The molecule has 0 fully saturated rings. The van der Waals surface area contributed by atoms with Crippen LogP contribution in [-0.4, -0.2) is 4.92 Å². The summed E-state index contributed by atoms with van der Waals surface area (Å²) in [5.74, 6) is 8.05. The molecule has 1 rings (SSSR count). The number of hydrogen-bond acceptors (Lipinski definition) is 2. The molecule has 0 spiro atoms. The second kappa shape index (κ2) is 5.38. The van der Waals surface area contributed by atoms with Gasteiger partial charge in [-0.15, -0.1) is 6.42 Å². The van der Waals surface area contributed by atoms with Gasteiger partial charge in [-0.1, -0.05) is 23.8 Å². The third-order valence-corrected chi connectivity index (χ3v) is 1.86. The summed E-state index contributed by atoms with van der Waals surface area (Å²) in [4.78, 5) is 9.96. The van der Waals surface area contributed by atoms with Crippen LogP contribution in [0.25, 0.3) is 0 Å². The highest BCUT2D eigenvalue weighted by Gasteiger charge is 2.01. The molecule has 16 heavy (non-hydrogen) atoms. The molecule has 0 amide bonds. The van der Waals surface area contributed by atoms with Crippen LogP contribution in [0.15, 0.2) is 35.9 Å². The molecule has 3 heteroatoms. The SMILES string of the molecule is C#C/C(C#Cc1ccc([N+](=O)[O-])cc1)=C\C. The molecule has 0 heterocycles. The van der Waals surface area contributed by atoms with Crippen LogP contribution in [0.4, 0.5) is 5.69 Å². The summed E-state index contributed by atoms with van der Waals surface area (Å²) < 4.78 is 0. The molecule has 0 N–H and O–H groups in total. The molecule has 0 bridgehead atoms. The maximum atomic E-state index is 10.4. The van der Waals surface area contributed by atoms with Gasteiger partial charge in [0.15, 0.2) is 0 Å². The molecule has 0 radical (unpaired) electrons. The lowest BCUT2D eigenvalue weighted by atomic mass is 10.2. The number of non-ortho nitro benzene ring substituents is 1. The number of nitro groups is 1. The van der Waals surface area contributed by atoms with E-state index < -0.39 is 4.92 Å². The second-order valence-corrected chi connectivity index (χ2v) is 2.90. The summed E-state index contributed by atoms with van der Waals surface area (Å²) in [6.45, 7) is 1.81. The predicted molar refractivity (Wildman–Crippen MR) is 62.6 cm³/mol. The molecule has 0 saturated heterocycles.